The second-order valence-electron chi connectivity index (χ2n) is 9.73. The average Bonchev–Trinajstić information content (AvgIpc) is 2.86. The lowest BCUT2D eigenvalue weighted by atomic mass is 9.92. The maximum absolute atomic E-state index is 13.0. The van der Waals surface area contributed by atoms with Crippen molar-refractivity contribution in [3.8, 4) is 0 Å². The number of nitrogens with one attached hydrogen (secondary N) is 1. The van der Waals surface area contributed by atoms with Gasteiger partial charge in [-0.1, -0.05) is 90.3 Å². The molecule has 0 bridgehead atoms. The van der Waals surface area contributed by atoms with Crippen molar-refractivity contribution in [2.24, 2.45) is 0 Å². The summed E-state index contributed by atoms with van der Waals surface area (Å²) in [4.78, 5) is 38.7. The minimum Gasteiger partial charge on any atom is -0.451 e. The van der Waals surface area contributed by atoms with Crippen LogP contribution in [0.4, 0.5) is 5.69 Å². The monoisotopic (exact) mass is 491 g/mol. The van der Waals surface area contributed by atoms with E-state index in [0.29, 0.717) is 17.3 Å². The molecule has 0 aliphatic carbocycles. The third-order valence-corrected chi connectivity index (χ3v) is 6.26. The van der Waals surface area contributed by atoms with Crippen molar-refractivity contribution in [3.63, 3.8) is 0 Å². The molecule has 36 heavy (non-hydrogen) atoms. The third-order valence-electron chi connectivity index (χ3n) is 6.26. The highest BCUT2D eigenvalue weighted by Gasteiger charge is 2.20. The minimum atomic E-state index is -0.732. The van der Waals surface area contributed by atoms with Crippen LogP contribution in [0, 0.1) is 0 Å². The van der Waals surface area contributed by atoms with Crippen LogP contribution >= 0.6 is 0 Å². The number of aryl methyl sites for hydroxylation is 1. The Bertz CT molecular complexity index is 1250. The number of carbonyl (C=O) groups is 2. The molecule has 0 unspecified atom stereocenters. The van der Waals surface area contributed by atoms with E-state index in [9.17, 15) is 14.4 Å². The molecule has 0 saturated heterocycles. The first-order valence-electron chi connectivity index (χ1n) is 12.8. The maximum Gasteiger partial charge on any atom is 0.359 e. The molecular formula is C29H37N3O4. The molecule has 0 spiro atoms. The van der Waals surface area contributed by atoms with E-state index in [2.05, 4.69) is 45.0 Å². The first-order chi connectivity index (χ1) is 17.2. The smallest absolute Gasteiger partial charge is 0.359 e. The normalized spacial score (nSPS) is 11.3. The van der Waals surface area contributed by atoms with Gasteiger partial charge in [0.1, 0.15) is 0 Å². The Hall–Kier alpha value is -3.48. The van der Waals surface area contributed by atoms with Crippen molar-refractivity contribution in [3.05, 3.63) is 69.6 Å². The molecule has 1 N–H and O–H groups in total. The number of nitrogens with zero attached hydrogens (tertiary/aromatic N) is 2. The topological polar surface area (TPSA) is 90.3 Å². The first-order valence-corrected chi connectivity index (χ1v) is 12.8. The second-order valence-corrected chi connectivity index (χ2v) is 9.73. The molecule has 1 aromatic heterocycles. The standard InChI is InChI=1S/C29H37N3O4/c1-6-7-8-11-17-32-28(34)24-14-10-9-13-23(24)27(31-32)29(35)36-18-25(33)30-26-21(19(2)3)15-12-16-22(26)20(4)5/h9-10,12-16,19-20H,6-8,11,17-18H2,1-5H3,(H,30,33). The highest BCUT2D eigenvalue weighted by Crippen LogP contribution is 2.32. The number of carbonyl (C=O) groups excluding carboxylic acids is 2. The predicted molar refractivity (Wildman–Crippen MR) is 144 cm³/mol. The summed E-state index contributed by atoms with van der Waals surface area (Å²) in [6.45, 7) is 10.4. The number of unbranched alkanes of at least 4 members (excludes halogenated alkanes) is 3. The molecule has 1 amide bonds. The van der Waals surface area contributed by atoms with Gasteiger partial charge in [-0.2, -0.15) is 5.10 Å². The summed E-state index contributed by atoms with van der Waals surface area (Å²) < 4.78 is 6.72. The molecule has 1 heterocycles. The summed E-state index contributed by atoms with van der Waals surface area (Å²) in [6, 6.07) is 12.8. The van der Waals surface area contributed by atoms with Crippen LogP contribution in [-0.2, 0) is 16.1 Å². The van der Waals surface area contributed by atoms with Crippen molar-refractivity contribution in [1.29, 1.82) is 0 Å². The molecular weight excluding hydrogens is 454 g/mol. The van der Waals surface area contributed by atoms with Crippen LogP contribution < -0.4 is 10.9 Å². The predicted octanol–water partition coefficient (Wildman–Crippen LogP) is 6.02. The van der Waals surface area contributed by atoms with E-state index in [0.717, 1.165) is 42.5 Å². The van der Waals surface area contributed by atoms with E-state index in [1.807, 2.05) is 18.2 Å². The van der Waals surface area contributed by atoms with E-state index >= 15 is 0 Å². The average molecular weight is 492 g/mol. The number of benzene rings is 2. The zero-order valence-corrected chi connectivity index (χ0v) is 22.0. The van der Waals surface area contributed by atoms with Crippen molar-refractivity contribution in [2.75, 3.05) is 11.9 Å². The molecule has 2 aromatic carbocycles. The molecule has 7 nitrogen and oxygen atoms in total. The summed E-state index contributed by atoms with van der Waals surface area (Å²) in [5, 5.41) is 8.12. The summed E-state index contributed by atoms with van der Waals surface area (Å²) in [6.07, 6.45) is 3.93. The van der Waals surface area contributed by atoms with Crippen molar-refractivity contribution in [2.45, 2.75) is 78.7 Å². The Morgan fingerprint density at radius 1 is 0.917 bits per heavy atom. The van der Waals surface area contributed by atoms with Gasteiger partial charge in [0.15, 0.2) is 12.3 Å². The zero-order chi connectivity index (χ0) is 26.2. The van der Waals surface area contributed by atoms with Crippen LogP contribution in [0.15, 0.2) is 47.3 Å². The van der Waals surface area contributed by atoms with E-state index < -0.39 is 18.5 Å². The molecule has 0 saturated carbocycles. The van der Waals surface area contributed by atoms with E-state index in [-0.39, 0.29) is 23.1 Å². The van der Waals surface area contributed by atoms with Crippen molar-refractivity contribution >= 4 is 28.3 Å². The number of amides is 1. The SMILES string of the molecule is CCCCCCn1nc(C(=O)OCC(=O)Nc2c(C(C)C)cccc2C(C)C)c2ccccc2c1=O. The number of ether oxygens (including phenoxy) is 1. The van der Waals surface area contributed by atoms with E-state index in [4.69, 9.17) is 4.74 Å². The summed E-state index contributed by atoms with van der Waals surface area (Å²) in [5.74, 6) is -0.716. The lowest BCUT2D eigenvalue weighted by Gasteiger charge is -2.20. The number of esters is 1. The van der Waals surface area contributed by atoms with Gasteiger partial charge in [-0.15, -0.1) is 0 Å². The Labute approximate surface area is 212 Å². The van der Waals surface area contributed by atoms with Gasteiger partial charge in [0.05, 0.1) is 5.39 Å². The second kappa shape index (κ2) is 12.5. The molecule has 0 aliphatic rings. The Kier molecular flexibility index (Phi) is 9.39. The molecule has 7 heteroatoms. The minimum absolute atomic E-state index is 0.0407. The number of aromatic nitrogens is 2. The van der Waals surface area contributed by atoms with E-state index in [1.54, 1.807) is 24.3 Å². The number of hydrogen-bond acceptors (Lipinski definition) is 5. The van der Waals surface area contributed by atoms with Gasteiger partial charge in [0.2, 0.25) is 0 Å². The number of anilines is 1. The summed E-state index contributed by atoms with van der Waals surface area (Å²) >= 11 is 0. The molecule has 3 rings (SSSR count). The number of para-hydroxylation sites is 1. The third kappa shape index (κ3) is 6.39. The molecule has 0 radical (unpaired) electrons. The van der Waals surface area contributed by atoms with Gasteiger partial charge in [-0.25, -0.2) is 9.48 Å². The molecule has 192 valence electrons. The van der Waals surface area contributed by atoms with Crippen molar-refractivity contribution < 1.29 is 14.3 Å². The van der Waals surface area contributed by atoms with E-state index in [1.165, 1.54) is 4.68 Å². The Morgan fingerprint density at radius 2 is 1.56 bits per heavy atom. The molecule has 0 aliphatic heterocycles. The van der Waals surface area contributed by atoms with Gasteiger partial charge < -0.3 is 10.1 Å². The molecule has 0 atom stereocenters. The lowest BCUT2D eigenvalue weighted by Crippen LogP contribution is -2.28. The Balaban J connectivity index is 1.80. The number of fused-ring (bicyclic) bond motifs is 1. The highest BCUT2D eigenvalue weighted by molar-refractivity contribution is 6.03. The fourth-order valence-electron chi connectivity index (χ4n) is 4.30. The van der Waals surface area contributed by atoms with Gasteiger partial charge in [0.25, 0.3) is 11.5 Å². The van der Waals surface area contributed by atoms with Gasteiger partial charge in [-0.05, 0) is 35.4 Å². The maximum atomic E-state index is 13.0. The summed E-state index contributed by atoms with van der Waals surface area (Å²) in [7, 11) is 0. The molecule has 0 fully saturated rings. The quantitative estimate of drug-likeness (QED) is 0.262. The number of hydrogen-bond donors (Lipinski definition) is 1. The number of rotatable bonds is 11. The fraction of sp³-hybridized carbons (Fsp3) is 0.448. The highest BCUT2D eigenvalue weighted by atomic mass is 16.5. The van der Waals surface area contributed by atoms with Crippen LogP contribution in [-0.4, -0.2) is 28.3 Å². The van der Waals surface area contributed by atoms with Crippen LogP contribution in [0.5, 0.6) is 0 Å². The largest absolute Gasteiger partial charge is 0.451 e. The van der Waals surface area contributed by atoms with Crippen LogP contribution in [0.1, 0.15) is 93.8 Å². The van der Waals surface area contributed by atoms with Crippen molar-refractivity contribution in [1.82, 2.24) is 9.78 Å². The Morgan fingerprint density at radius 3 is 2.17 bits per heavy atom. The van der Waals surface area contributed by atoms with Crippen LogP contribution in [0.25, 0.3) is 10.8 Å². The lowest BCUT2D eigenvalue weighted by molar-refractivity contribution is -0.119. The molecule has 3 aromatic rings. The first kappa shape index (κ1) is 27.1. The fourth-order valence-corrected chi connectivity index (χ4v) is 4.30. The summed E-state index contributed by atoms with van der Waals surface area (Å²) in [5.41, 5.74) is 2.64. The van der Waals surface area contributed by atoms with Crippen LogP contribution in [0.3, 0.4) is 0 Å². The van der Waals surface area contributed by atoms with Crippen LogP contribution in [0.2, 0.25) is 0 Å². The van der Waals surface area contributed by atoms with Gasteiger partial charge in [0, 0.05) is 17.6 Å². The zero-order valence-electron chi connectivity index (χ0n) is 22.0. The van der Waals surface area contributed by atoms with Gasteiger partial charge in [-0.3, -0.25) is 9.59 Å². The van der Waals surface area contributed by atoms with Gasteiger partial charge >= 0.3 is 5.97 Å².